The fourth-order valence-corrected chi connectivity index (χ4v) is 5.66. The Bertz CT molecular complexity index is 1260. The van der Waals surface area contributed by atoms with E-state index in [1.807, 2.05) is 0 Å². The van der Waals surface area contributed by atoms with Crippen molar-refractivity contribution in [3.8, 4) is 5.75 Å². The smallest absolute Gasteiger partial charge is 0.417 e. The highest BCUT2D eigenvalue weighted by molar-refractivity contribution is 6.06. The Kier molecular flexibility index (Phi) is 10.8. The number of alkyl halides is 3. The number of nitrogens with zero attached hydrogens (tertiary/aromatic N) is 3. The van der Waals surface area contributed by atoms with E-state index in [9.17, 15) is 32.7 Å². The number of ether oxygens (including phenoxy) is 3. The summed E-state index contributed by atoms with van der Waals surface area (Å²) in [6, 6.07) is 0.729. The van der Waals surface area contributed by atoms with Gasteiger partial charge in [0, 0.05) is 39.4 Å². The monoisotopic (exact) mass is 643 g/mol. The fourth-order valence-electron chi connectivity index (χ4n) is 5.66. The highest BCUT2D eigenvalue weighted by atomic mass is 19.4. The average Bonchev–Trinajstić information content (AvgIpc) is 2.90. The van der Waals surface area contributed by atoms with Gasteiger partial charge in [-0.1, -0.05) is 0 Å². The molecule has 0 bridgehead atoms. The van der Waals surface area contributed by atoms with Gasteiger partial charge in [-0.15, -0.1) is 0 Å². The van der Waals surface area contributed by atoms with E-state index in [0.717, 1.165) is 12.1 Å². The Morgan fingerprint density at radius 1 is 1.16 bits per heavy atom. The molecule has 0 aliphatic carbocycles. The lowest BCUT2D eigenvalue weighted by atomic mass is 9.84. The van der Waals surface area contributed by atoms with Crippen LogP contribution in [-0.4, -0.2) is 95.1 Å². The molecule has 1 N–H and O–H groups in total. The zero-order valence-corrected chi connectivity index (χ0v) is 27.8. The Labute approximate surface area is 263 Å². The van der Waals surface area contributed by atoms with E-state index in [2.05, 4.69) is 0 Å². The predicted molar refractivity (Wildman–Crippen MR) is 162 cm³/mol. The third kappa shape index (κ3) is 8.03. The molecule has 1 saturated heterocycles. The molecule has 0 spiro atoms. The molecule has 0 aromatic heterocycles. The van der Waals surface area contributed by atoms with Crippen LogP contribution in [0.4, 0.5) is 23.7 Å². The summed E-state index contributed by atoms with van der Waals surface area (Å²) < 4.78 is 60.5. The highest BCUT2D eigenvalue weighted by Gasteiger charge is 2.55. The summed E-state index contributed by atoms with van der Waals surface area (Å²) in [5.41, 5.74) is -6.23. The Balaban J connectivity index is 2.11. The van der Waals surface area contributed by atoms with E-state index in [1.54, 1.807) is 34.6 Å². The van der Waals surface area contributed by atoms with Crippen LogP contribution in [0.2, 0.25) is 0 Å². The predicted octanol–water partition coefficient (Wildman–Crippen LogP) is 5.64. The minimum absolute atomic E-state index is 0.0122. The molecule has 254 valence electrons. The van der Waals surface area contributed by atoms with E-state index in [-0.39, 0.29) is 24.5 Å². The van der Waals surface area contributed by atoms with Crippen molar-refractivity contribution in [3.63, 3.8) is 0 Å². The van der Waals surface area contributed by atoms with Gasteiger partial charge in [-0.3, -0.25) is 9.59 Å². The molecular weight excluding hydrogens is 595 g/mol. The number of aliphatic hydroxyl groups is 1. The van der Waals surface area contributed by atoms with Crippen molar-refractivity contribution in [1.29, 1.82) is 0 Å². The molecule has 2 heterocycles. The van der Waals surface area contributed by atoms with Crippen LogP contribution in [0.1, 0.15) is 97.0 Å². The standard InChI is InChI=1S/C32H48F3N3O7/c1-20(2)38(21-13-12-14-36(19-21)28(41)45-29(3,4)5)26(39)22-17-24-25(18-23(22)32(33,34)35)44-31(8,30(6,7)42)27(40)37(24)15-10-11-16-43-9/h17-18,20-21,42H,10-16,19H2,1-9H3/t21-,31?/m1/s1. The number of hydrogen-bond acceptors (Lipinski definition) is 7. The summed E-state index contributed by atoms with van der Waals surface area (Å²) in [5.74, 6) is -1.78. The van der Waals surface area contributed by atoms with Gasteiger partial charge in [0.05, 0.1) is 22.9 Å². The third-order valence-corrected chi connectivity index (χ3v) is 8.27. The van der Waals surface area contributed by atoms with Crippen LogP contribution in [0.5, 0.6) is 5.75 Å². The van der Waals surface area contributed by atoms with E-state index in [4.69, 9.17) is 14.2 Å². The van der Waals surface area contributed by atoms with Gasteiger partial charge < -0.3 is 34.0 Å². The maximum atomic E-state index is 14.7. The first-order chi connectivity index (χ1) is 20.6. The number of methoxy groups -OCH3 is 1. The summed E-state index contributed by atoms with van der Waals surface area (Å²) in [6.07, 6.45) is -3.47. The van der Waals surface area contributed by atoms with Crippen LogP contribution >= 0.6 is 0 Å². The van der Waals surface area contributed by atoms with Crippen LogP contribution in [0, 0.1) is 0 Å². The molecule has 0 radical (unpaired) electrons. The van der Waals surface area contributed by atoms with Crippen molar-refractivity contribution in [1.82, 2.24) is 9.80 Å². The maximum absolute atomic E-state index is 14.7. The van der Waals surface area contributed by atoms with Crippen molar-refractivity contribution in [2.75, 3.05) is 38.3 Å². The third-order valence-electron chi connectivity index (χ3n) is 8.27. The number of carbonyl (C=O) groups excluding carboxylic acids is 3. The van der Waals surface area contributed by atoms with Crippen molar-refractivity contribution in [3.05, 3.63) is 23.3 Å². The van der Waals surface area contributed by atoms with E-state index in [0.29, 0.717) is 38.8 Å². The lowest BCUT2D eigenvalue weighted by Gasteiger charge is -2.46. The second kappa shape index (κ2) is 13.4. The zero-order valence-electron chi connectivity index (χ0n) is 27.8. The van der Waals surface area contributed by atoms with Crippen LogP contribution in [0.3, 0.4) is 0 Å². The SMILES string of the molecule is COCCCCN1C(=O)C(C)(C(C)(C)O)Oc2cc(C(F)(F)F)c(C(=O)N(C(C)C)[C@@H]3CCCN(C(=O)OC(C)(C)C)C3)cc21. The lowest BCUT2D eigenvalue weighted by molar-refractivity contribution is -0.157. The molecule has 2 atom stereocenters. The Morgan fingerprint density at radius 3 is 2.33 bits per heavy atom. The number of fused-ring (bicyclic) bond motifs is 1. The fraction of sp³-hybridized carbons (Fsp3) is 0.719. The van der Waals surface area contributed by atoms with E-state index >= 15 is 0 Å². The summed E-state index contributed by atoms with van der Waals surface area (Å²) in [5, 5.41) is 10.9. The largest absolute Gasteiger partial charge is 0.472 e. The molecule has 10 nitrogen and oxygen atoms in total. The van der Waals surface area contributed by atoms with Crippen LogP contribution in [0.15, 0.2) is 12.1 Å². The molecule has 0 saturated carbocycles. The van der Waals surface area contributed by atoms with Crippen LogP contribution in [0.25, 0.3) is 0 Å². The number of unbranched alkanes of at least 4 members (excludes halogenated alkanes) is 1. The normalized spacial score (nSPS) is 21.0. The van der Waals surface area contributed by atoms with Gasteiger partial charge in [-0.05, 0) is 93.2 Å². The summed E-state index contributed by atoms with van der Waals surface area (Å²) >= 11 is 0. The number of benzene rings is 1. The number of halogens is 3. The van der Waals surface area contributed by atoms with Gasteiger partial charge in [0.15, 0.2) is 0 Å². The molecule has 1 fully saturated rings. The minimum atomic E-state index is -4.95. The number of likely N-dealkylation sites (tertiary alicyclic amines) is 1. The second-order valence-corrected chi connectivity index (χ2v) is 13.7. The zero-order chi connectivity index (χ0) is 34.1. The first-order valence-corrected chi connectivity index (χ1v) is 15.4. The molecular formula is C32H48F3N3O7. The molecule has 1 unspecified atom stereocenters. The molecule has 2 aliphatic rings. The number of piperidine rings is 1. The quantitative estimate of drug-likeness (QED) is 0.347. The van der Waals surface area contributed by atoms with Crippen molar-refractivity contribution in [2.45, 2.75) is 116 Å². The molecule has 3 amide bonds. The van der Waals surface area contributed by atoms with Crippen molar-refractivity contribution >= 4 is 23.6 Å². The number of carbonyl (C=O) groups is 3. The number of rotatable bonds is 9. The van der Waals surface area contributed by atoms with Gasteiger partial charge in [0.1, 0.15) is 17.0 Å². The van der Waals surface area contributed by atoms with Crippen molar-refractivity contribution < 1.29 is 46.9 Å². The first-order valence-electron chi connectivity index (χ1n) is 15.4. The number of amides is 3. The lowest BCUT2D eigenvalue weighted by Crippen LogP contribution is -2.65. The molecule has 2 aliphatic heterocycles. The molecule has 13 heteroatoms. The van der Waals surface area contributed by atoms with Crippen LogP contribution < -0.4 is 9.64 Å². The second-order valence-electron chi connectivity index (χ2n) is 13.7. The van der Waals surface area contributed by atoms with E-state index in [1.165, 1.54) is 42.6 Å². The summed E-state index contributed by atoms with van der Waals surface area (Å²) in [7, 11) is 1.54. The Hall–Kier alpha value is -3.06. The average molecular weight is 644 g/mol. The van der Waals surface area contributed by atoms with Gasteiger partial charge in [-0.2, -0.15) is 13.2 Å². The first kappa shape index (κ1) is 36.4. The number of anilines is 1. The topological polar surface area (TPSA) is 109 Å². The van der Waals surface area contributed by atoms with E-state index < -0.39 is 64.1 Å². The van der Waals surface area contributed by atoms with Gasteiger partial charge in [0.2, 0.25) is 5.60 Å². The van der Waals surface area contributed by atoms with Gasteiger partial charge >= 0.3 is 12.3 Å². The van der Waals surface area contributed by atoms with Crippen LogP contribution in [-0.2, 0) is 20.4 Å². The van der Waals surface area contributed by atoms with Gasteiger partial charge in [0.25, 0.3) is 11.8 Å². The summed E-state index contributed by atoms with van der Waals surface area (Å²) in [6.45, 7) is 13.7. The maximum Gasteiger partial charge on any atom is 0.417 e. The molecule has 45 heavy (non-hydrogen) atoms. The summed E-state index contributed by atoms with van der Waals surface area (Å²) in [4.78, 5) is 45.0. The molecule has 3 rings (SSSR count). The minimum Gasteiger partial charge on any atom is -0.472 e. The van der Waals surface area contributed by atoms with Gasteiger partial charge in [-0.25, -0.2) is 4.79 Å². The number of hydrogen-bond donors (Lipinski definition) is 1. The Morgan fingerprint density at radius 2 is 1.80 bits per heavy atom. The van der Waals surface area contributed by atoms with Crippen molar-refractivity contribution in [2.24, 2.45) is 0 Å². The highest BCUT2D eigenvalue weighted by Crippen LogP contribution is 2.46. The molecule has 1 aromatic rings. The molecule has 1 aromatic carbocycles.